The highest BCUT2D eigenvalue weighted by Crippen LogP contribution is 2.35. The van der Waals surface area contributed by atoms with E-state index in [1.165, 1.54) is 5.56 Å². The minimum absolute atomic E-state index is 0.839. The number of nitrogens with zero attached hydrogens (tertiary/aromatic N) is 2. The number of aromatic nitrogens is 2. The molecule has 1 aromatic rings. The molecular formula is C16H10N2S. The van der Waals surface area contributed by atoms with Gasteiger partial charge < -0.3 is 0 Å². The van der Waals surface area contributed by atoms with Crippen molar-refractivity contribution < 1.29 is 0 Å². The predicted molar refractivity (Wildman–Crippen MR) is 78.7 cm³/mol. The molecule has 3 aliphatic rings. The number of rotatable bonds is 0. The molecule has 0 bridgehead atoms. The van der Waals surface area contributed by atoms with E-state index in [0.29, 0.717) is 0 Å². The Morgan fingerprint density at radius 2 is 1.89 bits per heavy atom. The van der Waals surface area contributed by atoms with E-state index >= 15 is 0 Å². The molecule has 4 rings (SSSR count). The molecular weight excluding hydrogens is 252 g/mol. The standard InChI is InChI=1S/C16H10N2S/c19-16-12-9-17-7-6-10(12)8-14-15(16)11-4-2-1-3-5-13(11)18-14/h1-7,9H,8H2. The van der Waals surface area contributed by atoms with E-state index in [2.05, 4.69) is 11.1 Å². The third-order valence-electron chi connectivity index (χ3n) is 3.57. The van der Waals surface area contributed by atoms with Crippen LogP contribution in [0.5, 0.6) is 0 Å². The second-order valence-electron chi connectivity index (χ2n) is 4.68. The molecule has 0 atom stereocenters. The normalized spacial score (nSPS) is 13.2. The van der Waals surface area contributed by atoms with Crippen molar-refractivity contribution in [3.8, 4) is 11.3 Å². The lowest BCUT2D eigenvalue weighted by Crippen LogP contribution is -2.13. The predicted octanol–water partition coefficient (Wildman–Crippen LogP) is 3.25. The summed E-state index contributed by atoms with van der Waals surface area (Å²) < 4.78 is 0. The summed E-state index contributed by atoms with van der Waals surface area (Å²) in [6.45, 7) is 0. The summed E-state index contributed by atoms with van der Waals surface area (Å²) in [4.78, 5) is 9.80. The van der Waals surface area contributed by atoms with Gasteiger partial charge >= 0.3 is 0 Å². The zero-order valence-corrected chi connectivity index (χ0v) is 10.9. The molecule has 90 valence electrons. The maximum atomic E-state index is 5.65. The lowest BCUT2D eigenvalue weighted by Gasteiger charge is -2.16. The van der Waals surface area contributed by atoms with Crippen molar-refractivity contribution in [3.63, 3.8) is 0 Å². The van der Waals surface area contributed by atoms with Crippen LogP contribution in [-0.4, -0.2) is 14.8 Å². The summed E-state index contributed by atoms with van der Waals surface area (Å²) in [5.74, 6) is 0. The van der Waals surface area contributed by atoms with Crippen LogP contribution in [0.4, 0.5) is 0 Å². The topological polar surface area (TPSA) is 25.8 Å². The van der Waals surface area contributed by atoms with Gasteiger partial charge in [0.25, 0.3) is 0 Å². The lowest BCUT2D eigenvalue weighted by molar-refractivity contribution is 1.07. The smallest absolute Gasteiger partial charge is 0.0712 e. The van der Waals surface area contributed by atoms with Crippen molar-refractivity contribution in [3.05, 3.63) is 71.2 Å². The second-order valence-corrected chi connectivity index (χ2v) is 5.09. The number of fused-ring (bicyclic) bond motifs is 4. The van der Waals surface area contributed by atoms with Crippen molar-refractivity contribution in [1.82, 2.24) is 9.97 Å². The molecule has 1 aliphatic heterocycles. The van der Waals surface area contributed by atoms with Gasteiger partial charge in [-0.1, -0.05) is 36.5 Å². The molecule has 3 heteroatoms. The van der Waals surface area contributed by atoms with Crippen molar-refractivity contribution in [2.24, 2.45) is 0 Å². The molecule has 2 heterocycles. The Hall–Kier alpha value is -2.13. The molecule has 0 N–H and O–H groups in total. The zero-order valence-electron chi connectivity index (χ0n) is 10.1. The summed E-state index contributed by atoms with van der Waals surface area (Å²) in [7, 11) is 0. The average Bonchev–Trinajstić information content (AvgIpc) is 2.62. The Bertz CT molecular complexity index is 779. The third kappa shape index (κ3) is 1.52. The molecule has 0 amide bonds. The van der Waals surface area contributed by atoms with Gasteiger partial charge in [-0.2, -0.15) is 0 Å². The van der Waals surface area contributed by atoms with Gasteiger partial charge in [0.15, 0.2) is 0 Å². The van der Waals surface area contributed by atoms with Crippen LogP contribution in [-0.2, 0) is 6.42 Å². The minimum Gasteiger partial charge on any atom is -0.264 e. The monoisotopic (exact) mass is 262 g/mol. The molecule has 0 saturated heterocycles. The number of thiocarbonyl (C=S) groups is 1. The lowest BCUT2D eigenvalue weighted by atomic mass is 9.89. The molecule has 0 unspecified atom stereocenters. The maximum Gasteiger partial charge on any atom is 0.0712 e. The fourth-order valence-corrected chi connectivity index (χ4v) is 3.09. The summed E-state index contributed by atoms with van der Waals surface area (Å²) in [6, 6.07) is 12.2. The van der Waals surface area contributed by atoms with Crippen LogP contribution in [0, 0.1) is 0 Å². The largest absolute Gasteiger partial charge is 0.264 e. The molecule has 0 spiro atoms. The summed E-state index contributed by atoms with van der Waals surface area (Å²) >= 11 is 5.65. The fraction of sp³-hybridized carbons (Fsp3) is 0.0625. The Morgan fingerprint density at radius 1 is 1.00 bits per heavy atom. The average molecular weight is 262 g/mol. The highest BCUT2D eigenvalue weighted by Gasteiger charge is 2.27. The van der Waals surface area contributed by atoms with Crippen LogP contribution in [0.15, 0.2) is 48.8 Å². The Morgan fingerprint density at radius 3 is 2.84 bits per heavy atom. The van der Waals surface area contributed by atoms with Crippen molar-refractivity contribution in [2.45, 2.75) is 6.42 Å². The molecule has 2 nitrogen and oxygen atoms in total. The molecule has 2 aliphatic carbocycles. The maximum absolute atomic E-state index is 5.65. The summed E-state index contributed by atoms with van der Waals surface area (Å²) in [5, 5.41) is 0. The third-order valence-corrected chi connectivity index (χ3v) is 3.99. The van der Waals surface area contributed by atoms with E-state index < -0.39 is 0 Å². The van der Waals surface area contributed by atoms with Crippen LogP contribution in [0.2, 0.25) is 0 Å². The van der Waals surface area contributed by atoms with Gasteiger partial charge in [-0.3, -0.25) is 9.97 Å². The molecule has 19 heavy (non-hydrogen) atoms. The van der Waals surface area contributed by atoms with Crippen LogP contribution in [0.3, 0.4) is 0 Å². The highest BCUT2D eigenvalue weighted by molar-refractivity contribution is 7.81. The summed E-state index contributed by atoms with van der Waals surface area (Å²) in [6.07, 6.45) is 4.52. The van der Waals surface area contributed by atoms with E-state index in [0.717, 1.165) is 39.4 Å². The molecule has 0 radical (unpaired) electrons. The van der Waals surface area contributed by atoms with Gasteiger partial charge in [-0.15, -0.1) is 0 Å². The first-order chi connectivity index (χ1) is 9.34. The zero-order chi connectivity index (χ0) is 12.8. The van der Waals surface area contributed by atoms with Gasteiger partial charge in [0, 0.05) is 35.5 Å². The van der Waals surface area contributed by atoms with E-state index in [4.69, 9.17) is 17.2 Å². The van der Waals surface area contributed by atoms with Crippen LogP contribution in [0.25, 0.3) is 11.3 Å². The Kier molecular flexibility index (Phi) is 2.23. The van der Waals surface area contributed by atoms with Crippen LogP contribution >= 0.6 is 12.2 Å². The van der Waals surface area contributed by atoms with Crippen LogP contribution < -0.4 is 0 Å². The highest BCUT2D eigenvalue weighted by atomic mass is 32.1. The van der Waals surface area contributed by atoms with Gasteiger partial charge in [0.2, 0.25) is 0 Å². The molecule has 0 fully saturated rings. The van der Waals surface area contributed by atoms with Gasteiger partial charge in [-0.05, 0) is 17.7 Å². The minimum atomic E-state index is 0.839. The summed E-state index contributed by atoms with van der Waals surface area (Å²) in [5.41, 5.74) is 6.65. The van der Waals surface area contributed by atoms with E-state index in [1.807, 2.05) is 42.7 Å². The number of hydrogen-bond donors (Lipinski definition) is 0. The number of hydrogen-bond acceptors (Lipinski definition) is 3. The van der Waals surface area contributed by atoms with Crippen molar-refractivity contribution >= 4 is 17.1 Å². The SMILES string of the molecule is S=C1c2cnccc2Cc2nc3cccccc-3c21. The first-order valence-corrected chi connectivity index (χ1v) is 6.60. The van der Waals surface area contributed by atoms with Crippen molar-refractivity contribution in [2.75, 3.05) is 0 Å². The second kappa shape index (κ2) is 3.93. The molecule has 1 aromatic heterocycles. The van der Waals surface area contributed by atoms with Gasteiger partial charge in [-0.25, -0.2) is 0 Å². The fourth-order valence-electron chi connectivity index (χ4n) is 2.68. The van der Waals surface area contributed by atoms with Crippen LogP contribution in [0.1, 0.15) is 22.4 Å². The van der Waals surface area contributed by atoms with Gasteiger partial charge in [0.05, 0.1) is 16.3 Å². The van der Waals surface area contributed by atoms with E-state index in [-0.39, 0.29) is 0 Å². The molecule has 0 saturated carbocycles. The first kappa shape index (κ1) is 10.8. The Balaban J connectivity index is 2.02. The first-order valence-electron chi connectivity index (χ1n) is 6.20. The van der Waals surface area contributed by atoms with Crippen molar-refractivity contribution in [1.29, 1.82) is 0 Å². The quantitative estimate of drug-likeness (QED) is 0.455. The molecule has 0 aromatic carbocycles. The number of pyridine rings is 1. The van der Waals surface area contributed by atoms with Gasteiger partial charge in [0.1, 0.15) is 0 Å². The van der Waals surface area contributed by atoms with E-state index in [1.54, 1.807) is 0 Å². The van der Waals surface area contributed by atoms with E-state index in [9.17, 15) is 0 Å². The Labute approximate surface area is 116 Å².